The van der Waals surface area contributed by atoms with Crippen LogP contribution in [0.2, 0.25) is 0 Å². The number of hydrogen-bond acceptors (Lipinski definition) is 5. The topological polar surface area (TPSA) is 101 Å². The molecule has 0 spiro atoms. The Morgan fingerprint density at radius 2 is 1.79 bits per heavy atom. The van der Waals surface area contributed by atoms with E-state index >= 15 is 0 Å². The van der Waals surface area contributed by atoms with Crippen LogP contribution < -0.4 is 10.7 Å². The van der Waals surface area contributed by atoms with Gasteiger partial charge in [0.2, 0.25) is 15.5 Å². The highest BCUT2D eigenvalue weighted by Gasteiger charge is 2.28. The van der Waals surface area contributed by atoms with Crippen molar-refractivity contribution in [1.29, 1.82) is 0 Å². The number of piperidine rings is 1. The van der Waals surface area contributed by atoms with Crippen molar-refractivity contribution in [2.75, 3.05) is 18.4 Å². The predicted molar refractivity (Wildman–Crippen MR) is 131 cm³/mol. The monoisotopic (exact) mass is 480 g/mol. The van der Waals surface area contributed by atoms with Gasteiger partial charge in [-0.05, 0) is 67.1 Å². The van der Waals surface area contributed by atoms with Gasteiger partial charge in [0.1, 0.15) is 0 Å². The first-order valence-electron chi connectivity index (χ1n) is 11.4. The number of aromatic nitrogens is 2. The maximum atomic E-state index is 12.9. The van der Waals surface area contributed by atoms with Crippen LogP contribution in [0, 0.1) is 5.92 Å². The molecule has 2 aromatic carbocycles. The molecular weight excluding hydrogens is 452 g/mol. The van der Waals surface area contributed by atoms with Crippen molar-refractivity contribution in [3.05, 3.63) is 82.3 Å². The van der Waals surface area contributed by atoms with Gasteiger partial charge < -0.3 is 5.32 Å². The molecule has 1 aliphatic rings. The van der Waals surface area contributed by atoms with E-state index in [2.05, 4.69) is 17.3 Å². The molecule has 1 atom stereocenters. The molecule has 4 rings (SSSR count). The van der Waals surface area contributed by atoms with Crippen molar-refractivity contribution in [3.8, 4) is 5.69 Å². The molecule has 3 aromatic rings. The summed E-state index contributed by atoms with van der Waals surface area (Å²) in [5, 5.41) is 6.85. The number of aryl methyl sites for hydroxylation is 1. The summed E-state index contributed by atoms with van der Waals surface area (Å²) in [6.45, 7) is 5.13. The Labute approximate surface area is 199 Å². The number of hydrogen-bond donors (Lipinski definition) is 1. The minimum absolute atomic E-state index is 0.176. The summed E-state index contributed by atoms with van der Waals surface area (Å²) in [4.78, 5) is 25.2. The summed E-state index contributed by atoms with van der Waals surface area (Å²) in [7, 11) is -3.59. The lowest BCUT2D eigenvalue weighted by atomic mass is 10.0. The third-order valence-electron chi connectivity index (χ3n) is 6.00. The highest BCUT2D eigenvalue weighted by Crippen LogP contribution is 2.24. The third-order valence-corrected chi connectivity index (χ3v) is 7.88. The number of nitrogens with zero attached hydrogens (tertiary/aromatic N) is 3. The van der Waals surface area contributed by atoms with Crippen LogP contribution in [0.3, 0.4) is 0 Å². The molecule has 8 nitrogen and oxygen atoms in total. The standard InChI is InChI=1S/C25H28N4O4S/c1-3-19-6-10-21(11-7-19)29-16-14-23(30)24(27-29)25(31)26-20-8-12-22(13-9-20)34(32,33)28-15-4-5-18(2)17-28/h6-14,16,18H,3-5,15,17H2,1-2H3,(H,26,31)/t18-/m1/s1. The van der Waals surface area contributed by atoms with Crippen molar-refractivity contribution in [2.24, 2.45) is 5.92 Å². The summed E-state index contributed by atoms with van der Waals surface area (Å²) in [6, 6.07) is 15.0. The zero-order valence-corrected chi connectivity index (χ0v) is 20.1. The number of sulfonamides is 1. The van der Waals surface area contributed by atoms with Crippen LogP contribution in [0.4, 0.5) is 5.69 Å². The van der Waals surface area contributed by atoms with E-state index < -0.39 is 21.4 Å². The lowest BCUT2D eigenvalue weighted by molar-refractivity contribution is 0.101. The van der Waals surface area contributed by atoms with E-state index in [9.17, 15) is 18.0 Å². The maximum Gasteiger partial charge on any atom is 0.280 e. The molecule has 0 saturated carbocycles. The lowest BCUT2D eigenvalue weighted by Crippen LogP contribution is -2.39. The first-order valence-corrected chi connectivity index (χ1v) is 12.8. The Balaban J connectivity index is 1.51. The number of nitrogens with one attached hydrogen (secondary N) is 1. The van der Waals surface area contributed by atoms with E-state index in [1.807, 2.05) is 31.2 Å². The van der Waals surface area contributed by atoms with Crippen LogP contribution in [0.5, 0.6) is 0 Å². The average Bonchev–Trinajstić information content (AvgIpc) is 2.84. The van der Waals surface area contributed by atoms with Gasteiger partial charge in [0.25, 0.3) is 5.91 Å². The summed E-state index contributed by atoms with van der Waals surface area (Å²) < 4.78 is 28.8. The van der Waals surface area contributed by atoms with Crippen molar-refractivity contribution in [2.45, 2.75) is 38.0 Å². The van der Waals surface area contributed by atoms with Gasteiger partial charge in [-0.2, -0.15) is 9.40 Å². The first kappa shape index (κ1) is 23.8. The van der Waals surface area contributed by atoms with Crippen LogP contribution in [0.25, 0.3) is 5.69 Å². The van der Waals surface area contributed by atoms with E-state index in [0.29, 0.717) is 24.7 Å². The first-order chi connectivity index (χ1) is 16.3. The van der Waals surface area contributed by atoms with E-state index in [1.165, 1.54) is 51.1 Å². The molecule has 1 saturated heterocycles. The van der Waals surface area contributed by atoms with Gasteiger partial charge >= 0.3 is 0 Å². The fourth-order valence-corrected chi connectivity index (χ4v) is 5.61. The largest absolute Gasteiger partial charge is 0.320 e. The van der Waals surface area contributed by atoms with E-state index in [0.717, 1.165) is 24.9 Å². The van der Waals surface area contributed by atoms with Gasteiger partial charge in [-0.1, -0.05) is 26.0 Å². The minimum Gasteiger partial charge on any atom is -0.320 e. The Hall–Kier alpha value is -3.30. The van der Waals surface area contributed by atoms with Crippen LogP contribution in [-0.4, -0.2) is 41.5 Å². The fraction of sp³-hybridized carbons (Fsp3) is 0.320. The van der Waals surface area contributed by atoms with E-state index in [-0.39, 0.29) is 10.6 Å². The molecule has 1 aliphatic heterocycles. The van der Waals surface area contributed by atoms with Crippen LogP contribution in [0.15, 0.2) is 70.5 Å². The lowest BCUT2D eigenvalue weighted by Gasteiger charge is -2.30. The second-order valence-electron chi connectivity index (χ2n) is 8.58. The molecule has 0 unspecified atom stereocenters. The molecule has 1 N–H and O–H groups in total. The van der Waals surface area contributed by atoms with Gasteiger partial charge in [0, 0.05) is 31.0 Å². The molecule has 0 bridgehead atoms. The number of rotatable bonds is 6. The van der Waals surface area contributed by atoms with Crippen molar-refractivity contribution in [1.82, 2.24) is 14.1 Å². The van der Waals surface area contributed by atoms with Gasteiger partial charge in [-0.25, -0.2) is 13.1 Å². The Bertz CT molecular complexity index is 1330. The Morgan fingerprint density at radius 3 is 2.44 bits per heavy atom. The number of amides is 1. The smallest absolute Gasteiger partial charge is 0.280 e. The predicted octanol–water partition coefficient (Wildman–Crippen LogP) is 3.47. The third kappa shape index (κ3) is 5.10. The van der Waals surface area contributed by atoms with Gasteiger partial charge in [-0.3, -0.25) is 9.59 Å². The zero-order valence-electron chi connectivity index (χ0n) is 19.3. The Morgan fingerprint density at radius 1 is 1.09 bits per heavy atom. The average molecular weight is 481 g/mol. The van der Waals surface area contributed by atoms with Crippen molar-refractivity contribution < 1.29 is 13.2 Å². The highest BCUT2D eigenvalue weighted by molar-refractivity contribution is 7.89. The van der Waals surface area contributed by atoms with E-state index in [4.69, 9.17) is 0 Å². The summed E-state index contributed by atoms with van der Waals surface area (Å²) in [6.07, 6.45) is 4.29. The van der Waals surface area contributed by atoms with Crippen molar-refractivity contribution in [3.63, 3.8) is 0 Å². The number of benzene rings is 2. The summed E-state index contributed by atoms with van der Waals surface area (Å²) >= 11 is 0. The molecule has 0 radical (unpaired) electrons. The van der Waals surface area contributed by atoms with Crippen LogP contribution >= 0.6 is 0 Å². The molecule has 0 aliphatic carbocycles. The molecule has 2 heterocycles. The fourth-order valence-electron chi connectivity index (χ4n) is 4.01. The zero-order chi connectivity index (χ0) is 24.3. The van der Waals surface area contributed by atoms with Crippen LogP contribution in [0.1, 0.15) is 42.7 Å². The second-order valence-corrected chi connectivity index (χ2v) is 10.5. The minimum atomic E-state index is -3.59. The number of carbonyl (C=O) groups is 1. The second kappa shape index (κ2) is 9.90. The highest BCUT2D eigenvalue weighted by atomic mass is 32.2. The molecule has 9 heteroatoms. The van der Waals surface area contributed by atoms with Crippen LogP contribution in [-0.2, 0) is 16.4 Å². The molecule has 1 aromatic heterocycles. The quantitative estimate of drug-likeness (QED) is 0.582. The summed E-state index contributed by atoms with van der Waals surface area (Å²) in [5.41, 5.74) is 1.52. The Kier molecular flexibility index (Phi) is 6.95. The number of anilines is 1. The van der Waals surface area contributed by atoms with E-state index in [1.54, 1.807) is 0 Å². The molecule has 178 valence electrons. The SMILES string of the molecule is CCc1ccc(-n2ccc(=O)c(C(=O)Nc3ccc(S(=O)(=O)N4CCC[C@@H](C)C4)cc3)n2)cc1. The normalized spacial score (nSPS) is 16.8. The molecule has 34 heavy (non-hydrogen) atoms. The van der Waals surface area contributed by atoms with Crippen molar-refractivity contribution >= 4 is 21.6 Å². The molecular formula is C25H28N4O4S. The van der Waals surface area contributed by atoms with Gasteiger partial charge in [0.05, 0.1) is 10.6 Å². The molecule has 1 fully saturated rings. The molecule has 1 amide bonds. The maximum absolute atomic E-state index is 12.9. The summed E-state index contributed by atoms with van der Waals surface area (Å²) in [5.74, 6) is -0.334. The number of carbonyl (C=O) groups excluding carboxylic acids is 1. The van der Waals surface area contributed by atoms with Gasteiger partial charge in [-0.15, -0.1) is 0 Å². The van der Waals surface area contributed by atoms with Gasteiger partial charge in [0.15, 0.2) is 5.69 Å².